The highest BCUT2D eigenvalue weighted by molar-refractivity contribution is 6.01. The molecule has 1 saturated heterocycles. The summed E-state index contributed by atoms with van der Waals surface area (Å²) in [4.78, 5) is 28.7. The number of hydrogen-bond donors (Lipinski definition) is 2. The minimum atomic E-state index is -0.658. The van der Waals surface area contributed by atoms with Gasteiger partial charge in [0, 0.05) is 35.6 Å². The molecule has 1 fully saturated rings. The van der Waals surface area contributed by atoms with Crippen LogP contribution in [-0.2, 0) is 16.0 Å². The summed E-state index contributed by atoms with van der Waals surface area (Å²) < 4.78 is 28.3. The van der Waals surface area contributed by atoms with Gasteiger partial charge in [0.25, 0.3) is 0 Å². The maximum atomic E-state index is 14.2. The van der Waals surface area contributed by atoms with Crippen molar-refractivity contribution in [2.45, 2.75) is 31.8 Å². The Balaban J connectivity index is 1.51. The summed E-state index contributed by atoms with van der Waals surface area (Å²) in [6.07, 6.45) is 0.866. The second kappa shape index (κ2) is 7.68. The Bertz CT molecular complexity index is 993. The fraction of sp³-hybridized carbons (Fsp3) is 0.364. The van der Waals surface area contributed by atoms with Gasteiger partial charge in [0.2, 0.25) is 11.8 Å². The average molecular weight is 414 g/mol. The summed E-state index contributed by atoms with van der Waals surface area (Å²) in [6, 6.07) is 6.23. The average Bonchev–Trinajstić information content (AvgIpc) is 3.29. The van der Waals surface area contributed by atoms with Gasteiger partial charge in [-0.3, -0.25) is 14.5 Å². The van der Waals surface area contributed by atoms with Crippen molar-refractivity contribution in [3.63, 3.8) is 0 Å². The second-order valence-corrected chi connectivity index (χ2v) is 8.06. The number of nitrogens with zero attached hydrogens (tertiary/aromatic N) is 2. The monoisotopic (exact) mass is 414 g/mol. The maximum absolute atomic E-state index is 14.2. The van der Waals surface area contributed by atoms with E-state index in [2.05, 4.69) is 10.6 Å². The molecule has 2 aromatic carbocycles. The first-order valence-electron chi connectivity index (χ1n) is 9.88. The molecule has 4 rings (SSSR count). The summed E-state index contributed by atoms with van der Waals surface area (Å²) in [7, 11) is 3.67. The Kier molecular flexibility index (Phi) is 5.19. The molecular weight excluding hydrogens is 390 g/mol. The first-order valence-corrected chi connectivity index (χ1v) is 9.88. The molecule has 6 nitrogen and oxygen atoms in total. The van der Waals surface area contributed by atoms with Crippen LogP contribution < -0.4 is 15.5 Å². The van der Waals surface area contributed by atoms with E-state index < -0.39 is 11.9 Å². The number of anilines is 3. The van der Waals surface area contributed by atoms with Crippen LogP contribution in [0, 0.1) is 18.6 Å². The van der Waals surface area contributed by atoms with Gasteiger partial charge in [-0.05, 0) is 57.3 Å². The van der Waals surface area contributed by atoms with Crippen LogP contribution in [0.4, 0.5) is 25.8 Å². The number of hydrogen-bond acceptors (Lipinski definition) is 4. The number of likely N-dealkylation sites (N-methyl/N-ethyl adjacent to an activating group) is 1. The topological polar surface area (TPSA) is 64.7 Å². The molecule has 0 radical (unpaired) electrons. The molecule has 0 saturated carbocycles. The van der Waals surface area contributed by atoms with Gasteiger partial charge in [0.05, 0.1) is 6.04 Å². The van der Waals surface area contributed by atoms with Crippen molar-refractivity contribution >= 4 is 28.9 Å². The number of carbonyl (C=O) groups excluding carboxylic acids is 2. The predicted octanol–water partition coefficient (Wildman–Crippen LogP) is 2.92. The summed E-state index contributed by atoms with van der Waals surface area (Å²) in [6.45, 7) is 2.33. The zero-order chi connectivity index (χ0) is 21.6. The van der Waals surface area contributed by atoms with Gasteiger partial charge in [0.15, 0.2) is 0 Å². The molecule has 2 aromatic rings. The Hall–Kier alpha value is -3.00. The molecule has 0 spiro atoms. The standard InChI is InChI=1S/C22H24F2N4O2/c1-12-4-5-17(24)16-11-18(26-20(12)16)21(29)25-14-8-13(23)9-15(10-14)28-7-6-19(22(28)30)27(2)3/h4-5,8-10,18-19,26H,6-7,11H2,1-3H3,(H,25,29)/t18?,19-/m1/s1. The molecule has 1 unspecified atom stereocenters. The van der Waals surface area contributed by atoms with E-state index in [9.17, 15) is 18.4 Å². The summed E-state index contributed by atoms with van der Waals surface area (Å²) in [5, 5.41) is 5.76. The Morgan fingerprint density at radius 1 is 1.23 bits per heavy atom. The fourth-order valence-corrected chi connectivity index (χ4v) is 4.16. The molecule has 2 heterocycles. The fourth-order valence-electron chi connectivity index (χ4n) is 4.16. The smallest absolute Gasteiger partial charge is 0.247 e. The summed E-state index contributed by atoms with van der Waals surface area (Å²) >= 11 is 0. The van der Waals surface area contributed by atoms with Crippen LogP contribution in [0.1, 0.15) is 17.5 Å². The van der Waals surface area contributed by atoms with Gasteiger partial charge in [-0.1, -0.05) is 6.07 Å². The molecule has 2 amide bonds. The molecule has 0 aromatic heterocycles. The minimum Gasteiger partial charge on any atom is -0.373 e. The van der Waals surface area contributed by atoms with E-state index in [1.54, 1.807) is 12.1 Å². The molecule has 158 valence electrons. The van der Waals surface area contributed by atoms with Gasteiger partial charge >= 0.3 is 0 Å². The van der Waals surface area contributed by atoms with Crippen LogP contribution in [0.25, 0.3) is 0 Å². The molecule has 2 N–H and O–H groups in total. The zero-order valence-electron chi connectivity index (χ0n) is 17.1. The van der Waals surface area contributed by atoms with Crippen LogP contribution in [-0.4, -0.2) is 49.4 Å². The molecular formula is C22H24F2N4O2. The van der Waals surface area contributed by atoms with Crippen LogP contribution in [0.3, 0.4) is 0 Å². The molecule has 2 aliphatic heterocycles. The third-order valence-corrected chi connectivity index (χ3v) is 5.77. The van der Waals surface area contributed by atoms with Crippen molar-refractivity contribution in [2.75, 3.05) is 36.2 Å². The van der Waals surface area contributed by atoms with Gasteiger partial charge < -0.3 is 15.5 Å². The predicted molar refractivity (Wildman–Crippen MR) is 112 cm³/mol. The number of nitrogens with one attached hydrogen (secondary N) is 2. The van der Waals surface area contributed by atoms with Crippen molar-refractivity contribution in [3.05, 3.63) is 53.1 Å². The molecule has 2 atom stereocenters. The van der Waals surface area contributed by atoms with E-state index in [1.165, 1.54) is 23.1 Å². The molecule has 0 aliphatic carbocycles. The van der Waals surface area contributed by atoms with Gasteiger partial charge in [-0.25, -0.2) is 8.78 Å². The van der Waals surface area contributed by atoms with Crippen molar-refractivity contribution in [1.29, 1.82) is 0 Å². The summed E-state index contributed by atoms with van der Waals surface area (Å²) in [5.74, 6) is -1.38. The lowest BCUT2D eigenvalue weighted by Gasteiger charge is -2.21. The van der Waals surface area contributed by atoms with Crippen LogP contribution in [0.5, 0.6) is 0 Å². The quantitative estimate of drug-likeness (QED) is 0.808. The van der Waals surface area contributed by atoms with E-state index in [0.717, 1.165) is 5.56 Å². The highest BCUT2D eigenvalue weighted by atomic mass is 19.1. The largest absolute Gasteiger partial charge is 0.373 e. The Morgan fingerprint density at radius 3 is 2.67 bits per heavy atom. The van der Waals surface area contributed by atoms with Crippen LogP contribution in [0.2, 0.25) is 0 Å². The van der Waals surface area contributed by atoms with E-state index in [-0.39, 0.29) is 35.8 Å². The Morgan fingerprint density at radius 2 is 2.00 bits per heavy atom. The normalized spacial score (nSPS) is 20.5. The number of benzene rings is 2. The van der Waals surface area contributed by atoms with Crippen molar-refractivity contribution in [1.82, 2.24) is 4.90 Å². The number of rotatable bonds is 4. The highest BCUT2D eigenvalue weighted by Gasteiger charge is 2.34. The lowest BCUT2D eigenvalue weighted by Crippen LogP contribution is -2.37. The maximum Gasteiger partial charge on any atom is 0.247 e. The van der Waals surface area contributed by atoms with E-state index in [1.807, 2.05) is 25.9 Å². The van der Waals surface area contributed by atoms with Gasteiger partial charge in [-0.15, -0.1) is 0 Å². The summed E-state index contributed by atoms with van der Waals surface area (Å²) in [5.41, 5.74) is 2.63. The lowest BCUT2D eigenvalue weighted by molar-refractivity contribution is -0.120. The van der Waals surface area contributed by atoms with Crippen molar-refractivity contribution in [2.24, 2.45) is 0 Å². The Labute approximate surface area is 173 Å². The number of halogens is 2. The minimum absolute atomic E-state index is 0.0956. The first-order chi connectivity index (χ1) is 14.2. The van der Waals surface area contributed by atoms with Crippen LogP contribution in [0.15, 0.2) is 30.3 Å². The number of aryl methyl sites for hydroxylation is 1. The van der Waals surface area contributed by atoms with Crippen molar-refractivity contribution in [3.8, 4) is 0 Å². The van der Waals surface area contributed by atoms with Crippen molar-refractivity contribution < 1.29 is 18.4 Å². The molecule has 8 heteroatoms. The zero-order valence-corrected chi connectivity index (χ0v) is 17.1. The third kappa shape index (κ3) is 3.63. The van der Waals surface area contributed by atoms with Gasteiger partial charge in [0.1, 0.15) is 17.7 Å². The van der Waals surface area contributed by atoms with E-state index in [0.29, 0.717) is 29.9 Å². The van der Waals surface area contributed by atoms with Crippen LogP contribution >= 0.6 is 0 Å². The SMILES string of the molecule is Cc1ccc(F)c2c1NC(C(=O)Nc1cc(F)cc(N3CC[C@@H](N(C)C)C3=O)c1)C2. The molecule has 0 bridgehead atoms. The number of fused-ring (bicyclic) bond motifs is 1. The molecule has 2 aliphatic rings. The van der Waals surface area contributed by atoms with E-state index in [4.69, 9.17) is 0 Å². The number of amides is 2. The molecule has 30 heavy (non-hydrogen) atoms. The van der Waals surface area contributed by atoms with Gasteiger partial charge in [-0.2, -0.15) is 0 Å². The second-order valence-electron chi connectivity index (χ2n) is 8.06. The lowest BCUT2D eigenvalue weighted by atomic mass is 10.1. The first kappa shape index (κ1) is 20.3. The highest BCUT2D eigenvalue weighted by Crippen LogP contribution is 2.32. The van der Waals surface area contributed by atoms with E-state index >= 15 is 0 Å². The third-order valence-electron chi connectivity index (χ3n) is 5.77. The number of carbonyl (C=O) groups is 2.